The van der Waals surface area contributed by atoms with Crippen molar-refractivity contribution in [2.24, 2.45) is 0 Å². The molecule has 0 atom stereocenters. The van der Waals surface area contributed by atoms with E-state index >= 15 is 0 Å². The van der Waals surface area contributed by atoms with Crippen molar-refractivity contribution in [2.45, 2.75) is 13.8 Å². The second kappa shape index (κ2) is 6.74. The molecule has 0 aliphatic rings. The molecule has 0 bridgehead atoms. The van der Waals surface area contributed by atoms with E-state index in [4.69, 9.17) is 16.3 Å². The molecule has 1 N–H and O–H groups in total. The lowest BCUT2D eigenvalue weighted by molar-refractivity contribution is -0.114. The minimum Gasteiger partial charge on any atom is -0.462 e. The average Bonchev–Trinajstić information content (AvgIpc) is 2.82. The lowest BCUT2D eigenvalue weighted by Crippen LogP contribution is -2.11. The monoisotopic (exact) mass is 323 g/mol. The quantitative estimate of drug-likeness (QED) is 0.858. The highest BCUT2D eigenvalue weighted by atomic mass is 35.5. The third-order valence-corrected chi connectivity index (χ3v) is 3.95. The zero-order valence-electron chi connectivity index (χ0n) is 11.6. The predicted octanol–water partition coefficient (Wildman–Crippen LogP) is 4.20. The Morgan fingerprint density at radius 2 is 2.00 bits per heavy atom. The van der Waals surface area contributed by atoms with Crippen molar-refractivity contribution >= 4 is 39.8 Å². The Hall–Kier alpha value is -1.85. The fraction of sp³-hybridized carbons (Fsp3) is 0.200. The zero-order chi connectivity index (χ0) is 15.4. The number of esters is 1. The predicted molar refractivity (Wildman–Crippen MR) is 85.0 cm³/mol. The maximum absolute atomic E-state index is 12.2. The van der Waals surface area contributed by atoms with Crippen molar-refractivity contribution < 1.29 is 14.3 Å². The molecule has 1 amide bonds. The first-order valence-electron chi connectivity index (χ1n) is 6.35. The summed E-state index contributed by atoms with van der Waals surface area (Å²) >= 11 is 7.46. The lowest BCUT2D eigenvalue weighted by Gasteiger charge is -2.08. The second-order valence-electron chi connectivity index (χ2n) is 4.24. The van der Waals surface area contributed by atoms with E-state index in [1.165, 1.54) is 18.3 Å². The molecule has 2 rings (SSSR count). The van der Waals surface area contributed by atoms with E-state index in [2.05, 4.69) is 5.32 Å². The van der Waals surface area contributed by atoms with Gasteiger partial charge in [-0.3, -0.25) is 4.79 Å². The van der Waals surface area contributed by atoms with Gasteiger partial charge in [0.1, 0.15) is 10.6 Å². The van der Waals surface area contributed by atoms with Gasteiger partial charge in [-0.25, -0.2) is 4.79 Å². The molecular formula is C15H14ClNO3S. The molecule has 0 aliphatic heterocycles. The Morgan fingerprint density at radius 3 is 2.62 bits per heavy atom. The molecule has 0 saturated heterocycles. The topological polar surface area (TPSA) is 55.4 Å². The summed E-state index contributed by atoms with van der Waals surface area (Å²) in [6.07, 6.45) is 0. The third kappa shape index (κ3) is 3.43. The molecule has 0 fully saturated rings. The first-order chi connectivity index (χ1) is 10.0. The fourth-order valence-corrected chi connectivity index (χ4v) is 3.13. The molecule has 0 unspecified atom stereocenters. The first-order valence-corrected chi connectivity index (χ1v) is 7.61. The summed E-state index contributed by atoms with van der Waals surface area (Å²) in [7, 11) is 0. The standard InChI is InChI=1S/C15H14ClNO3S/c1-3-20-15(19)13-11(8-21-14(13)17-9(2)18)10-6-4-5-7-12(10)16/h4-8H,3H2,1-2H3,(H,17,18). The summed E-state index contributed by atoms with van der Waals surface area (Å²) in [6.45, 7) is 3.39. The number of benzene rings is 1. The Labute approximate surface area is 131 Å². The lowest BCUT2D eigenvalue weighted by atomic mass is 10.0. The number of halogens is 1. The van der Waals surface area contributed by atoms with Crippen LogP contribution < -0.4 is 5.32 Å². The number of thiophene rings is 1. The maximum Gasteiger partial charge on any atom is 0.341 e. The maximum atomic E-state index is 12.2. The number of hydrogen-bond donors (Lipinski definition) is 1. The van der Waals surface area contributed by atoms with Crippen LogP contribution in [0.15, 0.2) is 29.6 Å². The highest BCUT2D eigenvalue weighted by Crippen LogP contribution is 2.39. The van der Waals surface area contributed by atoms with Gasteiger partial charge >= 0.3 is 5.97 Å². The van der Waals surface area contributed by atoms with E-state index in [0.717, 1.165) is 5.56 Å². The van der Waals surface area contributed by atoms with Crippen molar-refractivity contribution in [1.29, 1.82) is 0 Å². The molecule has 0 spiro atoms. The summed E-state index contributed by atoms with van der Waals surface area (Å²) in [5.41, 5.74) is 1.73. The number of rotatable bonds is 4. The molecule has 1 heterocycles. The highest BCUT2D eigenvalue weighted by molar-refractivity contribution is 7.15. The van der Waals surface area contributed by atoms with E-state index in [1.54, 1.807) is 18.4 Å². The molecule has 6 heteroatoms. The SMILES string of the molecule is CCOC(=O)c1c(-c2ccccc2Cl)csc1NC(C)=O. The van der Waals surface area contributed by atoms with Gasteiger partial charge < -0.3 is 10.1 Å². The zero-order valence-corrected chi connectivity index (χ0v) is 13.2. The molecule has 4 nitrogen and oxygen atoms in total. The number of hydrogen-bond acceptors (Lipinski definition) is 4. The van der Waals surface area contributed by atoms with Crippen molar-refractivity contribution in [2.75, 3.05) is 11.9 Å². The van der Waals surface area contributed by atoms with E-state index < -0.39 is 5.97 Å². The molecule has 21 heavy (non-hydrogen) atoms. The molecule has 0 radical (unpaired) electrons. The van der Waals surface area contributed by atoms with Gasteiger partial charge in [0.2, 0.25) is 5.91 Å². The molecule has 110 valence electrons. The Bertz CT molecular complexity index is 681. The van der Waals surface area contributed by atoms with Crippen LogP contribution in [-0.2, 0) is 9.53 Å². The van der Waals surface area contributed by atoms with Gasteiger partial charge in [0, 0.05) is 28.5 Å². The molecule has 2 aromatic rings. The van der Waals surface area contributed by atoms with Crippen LogP contribution in [0, 0.1) is 0 Å². The van der Waals surface area contributed by atoms with Crippen LogP contribution in [-0.4, -0.2) is 18.5 Å². The van der Waals surface area contributed by atoms with Gasteiger partial charge in [0.15, 0.2) is 0 Å². The number of nitrogens with one attached hydrogen (secondary N) is 1. The number of carbonyl (C=O) groups excluding carboxylic acids is 2. The van der Waals surface area contributed by atoms with E-state index in [-0.39, 0.29) is 12.5 Å². The van der Waals surface area contributed by atoms with Crippen molar-refractivity contribution in [3.63, 3.8) is 0 Å². The van der Waals surface area contributed by atoms with Crippen LogP contribution in [0.5, 0.6) is 0 Å². The third-order valence-electron chi connectivity index (χ3n) is 2.72. The summed E-state index contributed by atoms with van der Waals surface area (Å²) in [5, 5.41) is 5.45. The Balaban J connectivity index is 2.56. The molecule has 1 aromatic carbocycles. The summed E-state index contributed by atoms with van der Waals surface area (Å²) in [4.78, 5) is 23.5. The number of anilines is 1. The summed E-state index contributed by atoms with van der Waals surface area (Å²) in [5.74, 6) is -0.717. The Morgan fingerprint density at radius 1 is 1.29 bits per heavy atom. The van der Waals surface area contributed by atoms with Gasteiger partial charge in [0.25, 0.3) is 0 Å². The van der Waals surface area contributed by atoms with E-state index in [1.807, 2.05) is 18.2 Å². The summed E-state index contributed by atoms with van der Waals surface area (Å²) < 4.78 is 5.08. The van der Waals surface area contributed by atoms with Gasteiger partial charge in [-0.15, -0.1) is 11.3 Å². The Kier molecular flexibility index (Phi) is 4.98. The number of carbonyl (C=O) groups is 2. The molecule has 0 saturated carbocycles. The van der Waals surface area contributed by atoms with Crippen LogP contribution in [0.2, 0.25) is 5.02 Å². The van der Waals surface area contributed by atoms with Gasteiger partial charge in [0.05, 0.1) is 6.61 Å². The largest absolute Gasteiger partial charge is 0.462 e. The van der Waals surface area contributed by atoms with Gasteiger partial charge in [-0.2, -0.15) is 0 Å². The van der Waals surface area contributed by atoms with Crippen LogP contribution in [0.1, 0.15) is 24.2 Å². The van der Waals surface area contributed by atoms with Crippen LogP contribution in [0.25, 0.3) is 11.1 Å². The van der Waals surface area contributed by atoms with Crippen LogP contribution in [0.4, 0.5) is 5.00 Å². The molecular weight excluding hydrogens is 310 g/mol. The van der Waals surface area contributed by atoms with Crippen molar-refractivity contribution in [3.8, 4) is 11.1 Å². The molecule has 1 aromatic heterocycles. The van der Waals surface area contributed by atoms with Crippen LogP contribution >= 0.6 is 22.9 Å². The van der Waals surface area contributed by atoms with Crippen LogP contribution in [0.3, 0.4) is 0 Å². The molecule has 0 aliphatic carbocycles. The minimum atomic E-state index is -0.475. The van der Waals surface area contributed by atoms with Gasteiger partial charge in [-0.05, 0) is 13.0 Å². The van der Waals surface area contributed by atoms with Gasteiger partial charge in [-0.1, -0.05) is 29.8 Å². The second-order valence-corrected chi connectivity index (χ2v) is 5.52. The van der Waals surface area contributed by atoms with Crippen molar-refractivity contribution in [3.05, 3.63) is 40.2 Å². The van der Waals surface area contributed by atoms with E-state index in [0.29, 0.717) is 21.2 Å². The first kappa shape index (κ1) is 15.5. The number of ether oxygens (including phenoxy) is 1. The number of amides is 1. The van der Waals surface area contributed by atoms with Crippen molar-refractivity contribution in [1.82, 2.24) is 0 Å². The average molecular weight is 324 g/mol. The smallest absolute Gasteiger partial charge is 0.341 e. The minimum absolute atomic E-state index is 0.242. The van der Waals surface area contributed by atoms with E-state index in [9.17, 15) is 9.59 Å². The normalized spacial score (nSPS) is 10.2. The fourth-order valence-electron chi connectivity index (χ4n) is 1.89. The highest BCUT2D eigenvalue weighted by Gasteiger charge is 2.23. The summed E-state index contributed by atoms with van der Waals surface area (Å²) in [6, 6.07) is 7.23.